The first kappa shape index (κ1) is 16.3. The Morgan fingerprint density at radius 3 is 2.48 bits per heavy atom. The second kappa shape index (κ2) is 8.42. The van der Waals surface area contributed by atoms with Crippen LogP contribution in [-0.2, 0) is 0 Å². The lowest BCUT2D eigenvalue weighted by Crippen LogP contribution is -2.11. The molecule has 0 aliphatic heterocycles. The van der Waals surface area contributed by atoms with Crippen molar-refractivity contribution in [3.63, 3.8) is 0 Å². The van der Waals surface area contributed by atoms with Crippen LogP contribution in [0.4, 0.5) is 5.69 Å². The van der Waals surface area contributed by atoms with E-state index in [4.69, 9.17) is 0 Å². The van der Waals surface area contributed by atoms with E-state index in [1.54, 1.807) is 0 Å². The highest BCUT2D eigenvalue weighted by molar-refractivity contribution is 14.1. The Morgan fingerprint density at radius 1 is 1.05 bits per heavy atom. The number of hydrogen-bond acceptors (Lipinski definition) is 1. The Hall–Kier alpha value is -1.03. The standard InChI is InChI=1S/C19H24IN/c1-3-4-6-11-19(16-9-7-5-8-10-16)21-17-13-12-15(2)18(20)14-17/h5,7-10,12-14,19,21H,3-4,6,11H2,1-2H3. The summed E-state index contributed by atoms with van der Waals surface area (Å²) in [5, 5.41) is 3.72. The molecule has 112 valence electrons. The van der Waals surface area contributed by atoms with Crippen molar-refractivity contribution >= 4 is 28.3 Å². The van der Waals surface area contributed by atoms with Crippen molar-refractivity contribution in [1.29, 1.82) is 0 Å². The highest BCUT2D eigenvalue weighted by Gasteiger charge is 2.11. The minimum atomic E-state index is 0.399. The Balaban J connectivity index is 2.13. The normalized spacial score (nSPS) is 12.1. The van der Waals surface area contributed by atoms with Gasteiger partial charge in [0.25, 0.3) is 0 Å². The number of nitrogens with one attached hydrogen (secondary N) is 1. The van der Waals surface area contributed by atoms with Crippen LogP contribution < -0.4 is 5.32 Å². The number of hydrogen-bond donors (Lipinski definition) is 1. The van der Waals surface area contributed by atoms with Crippen LogP contribution in [0.5, 0.6) is 0 Å². The predicted octanol–water partition coefficient (Wildman–Crippen LogP) is 6.33. The van der Waals surface area contributed by atoms with Crippen molar-refractivity contribution in [1.82, 2.24) is 0 Å². The summed E-state index contributed by atoms with van der Waals surface area (Å²) >= 11 is 2.41. The first-order chi connectivity index (χ1) is 10.2. The lowest BCUT2D eigenvalue weighted by molar-refractivity contribution is 0.606. The fraction of sp³-hybridized carbons (Fsp3) is 0.368. The summed E-state index contributed by atoms with van der Waals surface area (Å²) in [6, 6.07) is 17.8. The van der Waals surface area contributed by atoms with E-state index in [1.807, 2.05) is 0 Å². The van der Waals surface area contributed by atoms with E-state index in [-0.39, 0.29) is 0 Å². The van der Waals surface area contributed by atoms with Crippen LogP contribution in [-0.4, -0.2) is 0 Å². The molecule has 0 amide bonds. The summed E-state index contributed by atoms with van der Waals surface area (Å²) in [4.78, 5) is 0. The van der Waals surface area contributed by atoms with Gasteiger partial charge >= 0.3 is 0 Å². The average Bonchev–Trinajstić information content (AvgIpc) is 2.51. The predicted molar refractivity (Wildman–Crippen MR) is 101 cm³/mol. The molecule has 0 aliphatic rings. The highest BCUT2D eigenvalue weighted by Crippen LogP contribution is 2.26. The second-order valence-electron chi connectivity index (χ2n) is 5.57. The maximum absolute atomic E-state index is 3.72. The molecule has 0 radical (unpaired) electrons. The second-order valence-corrected chi connectivity index (χ2v) is 6.73. The van der Waals surface area contributed by atoms with E-state index in [1.165, 1.54) is 46.1 Å². The molecule has 0 aliphatic carbocycles. The van der Waals surface area contributed by atoms with Gasteiger partial charge in [-0.05, 0) is 59.2 Å². The number of halogens is 1. The minimum Gasteiger partial charge on any atom is -0.378 e. The van der Waals surface area contributed by atoms with Crippen molar-refractivity contribution in [3.05, 3.63) is 63.2 Å². The maximum atomic E-state index is 3.72. The van der Waals surface area contributed by atoms with Gasteiger partial charge in [-0.15, -0.1) is 0 Å². The largest absolute Gasteiger partial charge is 0.378 e. The molecule has 0 bridgehead atoms. The zero-order chi connectivity index (χ0) is 15.1. The molecule has 1 nitrogen and oxygen atoms in total. The molecular weight excluding hydrogens is 369 g/mol. The molecule has 0 fully saturated rings. The number of aryl methyl sites for hydroxylation is 1. The number of anilines is 1. The fourth-order valence-electron chi connectivity index (χ4n) is 2.49. The van der Waals surface area contributed by atoms with Crippen LogP contribution >= 0.6 is 22.6 Å². The molecule has 2 heteroatoms. The van der Waals surface area contributed by atoms with Gasteiger partial charge < -0.3 is 5.32 Å². The van der Waals surface area contributed by atoms with E-state index in [0.717, 1.165) is 0 Å². The Labute approximate surface area is 142 Å². The van der Waals surface area contributed by atoms with Crippen LogP contribution in [0.25, 0.3) is 0 Å². The monoisotopic (exact) mass is 393 g/mol. The first-order valence-corrected chi connectivity index (χ1v) is 8.86. The molecular formula is C19H24IN. The summed E-state index contributed by atoms with van der Waals surface area (Å²) in [7, 11) is 0. The van der Waals surface area contributed by atoms with Crippen molar-refractivity contribution in [2.45, 2.75) is 45.6 Å². The maximum Gasteiger partial charge on any atom is 0.0513 e. The van der Waals surface area contributed by atoms with Crippen LogP contribution in [0.1, 0.15) is 49.8 Å². The number of rotatable bonds is 7. The SMILES string of the molecule is CCCCCC(Nc1ccc(C)c(I)c1)c1ccccc1. The van der Waals surface area contributed by atoms with Gasteiger partial charge in [0.05, 0.1) is 6.04 Å². The lowest BCUT2D eigenvalue weighted by atomic mass is 10.00. The van der Waals surface area contributed by atoms with E-state index >= 15 is 0 Å². The molecule has 0 aromatic heterocycles. The quantitative estimate of drug-likeness (QED) is 0.428. The van der Waals surface area contributed by atoms with Crippen LogP contribution in [0.15, 0.2) is 48.5 Å². The van der Waals surface area contributed by atoms with Gasteiger partial charge in [0.2, 0.25) is 0 Å². The topological polar surface area (TPSA) is 12.0 Å². The minimum absolute atomic E-state index is 0.399. The molecule has 0 saturated carbocycles. The highest BCUT2D eigenvalue weighted by atomic mass is 127. The molecule has 0 heterocycles. The number of unbranched alkanes of at least 4 members (excludes halogenated alkanes) is 2. The summed E-state index contributed by atoms with van der Waals surface area (Å²) in [6.45, 7) is 4.41. The Bertz CT molecular complexity index is 551. The number of benzene rings is 2. The van der Waals surface area contributed by atoms with Gasteiger partial charge in [0, 0.05) is 9.26 Å². The van der Waals surface area contributed by atoms with Crippen molar-refractivity contribution < 1.29 is 0 Å². The molecule has 0 saturated heterocycles. The molecule has 1 unspecified atom stereocenters. The summed E-state index contributed by atoms with van der Waals surface area (Å²) < 4.78 is 1.32. The molecule has 21 heavy (non-hydrogen) atoms. The third-order valence-corrected chi connectivity index (χ3v) is 4.97. The molecule has 0 spiro atoms. The molecule has 2 rings (SSSR count). The van der Waals surface area contributed by atoms with E-state index in [0.29, 0.717) is 6.04 Å². The van der Waals surface area contributed by atoms with Crippen LogP contribution in [0.3, 0.4) is 0 Å². The van der Waals surface area contributed by atoms with Crippen molar-refractivity contribution in [2.75, 3.05) is 5.32 Å². The van der Waals surface area contributed by atoms with Gasteiger partial charge in [-0.2, -0.15) is 0 Å². The zero-order valence-electron chi connectivity index (χ0n) is 12.9. The average molecular weight is 393 g/mol. The van der Waals surface area contributed by atoms with Gasteiger partial charge in [0.1, 0.15) is 0 Å². The third kappa shape index (κ3) is 5.03. The Morgan fingerprint density at radius 2 is 1.81 bits per heavy atom. The van der Waals surface area contributed by atoms with E-state index < -0.39 is 0 Å². The molecule has 1 atom stereocenters. The van der Waals surface area contributed by atoms with E-state index in [2.05, 4.69) is 90.3 Å². The molecule has 2 aromatic carbocycles. The van der Waals surface area contributed by atoms with Crippen molar-refractivity contribution in [3.8, 4) is 0 Å². The lowest BCUT2D eigenvalue weighted by Gasteiger charge is -2.21. The summed E-state index contributed by atoms with van der Waals surface area (Å²) in [5.41, 5.74) is 3.93. The molecule has 2 aromatic rings. The first-order valence-electron chi connectivity index (χ1n) is 7.78. The van der Waals surface area contributed by atoms with Crippen LogP contribution in [0, 0.1) is 10.5 Å². The third-order valence-electron chi connectivity index (χ3n) is 3.81. The van der Waals surface area contributed by atoms with Gasteiger partial charge in [-0.3, -0.25) is 0 Å². The fourth-order valence-corrected chi connectivity index (χ4v) is 3.01. The van der Waals surface area contributed by atoms with E-state index in [9.17, 15) is 0 Å². The van der Waals surface area contributed by atoms with Gasteiger partial charge in [0.15, 0.2) is 0 Å². The Kier molecular flexibility index (Phi) is 6.55. The summed E-state index contributed by atoms with van der Waals surface area (Å²) in [6.07, 6.45) is 5.02. The zero-order valence-corrected chi connectivity index (χ0v) is 15.1. The molecule has 1 N–H and O–H groups in total. The smallest absolute Gasteiger partial charge is 0.0513 e. The van der Waals surface area contributed by atoms with Crippen LogP contribution in [0.2, 0.25) is 0 Å². The van der Waals surface area contributed by atoms with Gasteiger partial charge in [-0.25, -0.2) is 0 Å². The van der Waals surface area contributed by atoms with Gasteiger partial charge in [-0.1, -0.05) is 62.6 Å². The summed E-state index contributed by atoms with van der Waals surface area (Å²) in [5.74, 6) is 0. The van der Waals surface area contributed by atoms with Crippen molar-refractivity contribution in [2.24, 2.45) is 0 Å².